The molecule has 3 aliphatic carbocycles. The van der Waals surface area contributed by atoms with E-state index in [-0.39, 0.29) is 0 Å². The van der Waals surface area contributed by atoms with E-state index in [1.54, 1.807) is 5.57 Å². The molecule has 0 heterocycles. The van der Waals surface area contributed by atoms with Gasteiger partial charge in [0, 0.05) is 6.42 Å². The van der Waals surface area contributed by atoms with Crippen molar-refractivity contribution >= 4 is 6.08 Å². The normalized spacial score (nSPS) is 33.6. The third-order valence-electron chi connectivity index (χ3n) is 8.51. The molecule has 0 aromatic heterocycles. The summed E-state index contributed by atoms with van der Waals surface area (Å²) >= 11 is 0. The van der Waals surface area contributed by atoms with Crippen LogP contribution >= 0.6 is 0 Å². The van der Waals surface area contributed by atoms with E-state index in [0.29, 0.717) is 30.6 Å². The summed E-state index contributed by atoms with van der Waals surface area (Å²) in [5.74, 6) is 2.64. The average Bonchev–Trinajstić information content (AvgIpc) is 3.23. The maximum Gasteiger partial charge on any atom is 0.0840 e. The van der Waals surface area contributed by atoms with Crippen molar-refractivity contribution in [3.63, 3.8) is 0 Å². The predicted molar refractivity (Wildman–Crippen MR) is 140 cm³/mol. The fraction of sp³-hybridized carbons (Fsp3) is 0.548. The van der Waals surface area contributed by atoms with Crippen molar-refractivity contribution in [1.82, 2.24) is 0 Å². The number of benzene rings is 1. The van der Waals surface area contributed by atoms with Crippen LogP contribution in [0, 0.1) is 23.7 Å². The first kappa shape index (κ1) is 25.2. The lowest BCUT2D eigenvalue weighted by Crippen LogP contribution is -2.27. The molecule has 3 fully saturated rings. The number of hydrogen-bond acceptors (Lipinski definition) is 3. The Morgan fingerprint density at radius 3 is 2.50 bits per heavy atom. The predicted octanol–water partition coefficient (Wildman–Crippen LogP) is 6.31. The fourth-order valence-corrected chi connectivity index (χ4v) is 6.43. The monoisotopic (exact) mass is 462 g/mol. The number of aliphatic hydroxyl groups excluding tert-OH is 2. The van der Waals surface area contributed by atoms with E-state index >= 15 is 0 Å². The molecule has 3 nitrogen and oxygen atoms in total. The lowest BCUT2D eigenvalue weighted by atomic mass is 9.72. The second-order valence-electron chi connectivity index (χ2n) is 11.4. The van der Waals surface area contributed by atoms with Gasteiger partial charge < -0.3 is 15.3 Å². The van der Waals surface area contributed by atoms with Gasteiger partial charge in [0.1, 0.15) is 0 Å². The zero-order valence-corrected chi connectivity index (χ0v) is 21.1. The Morgan fingerprint density at radius 1 is 1.06 bits per heavy atom. The number of aliphatic hydroxyl groups is 3. The van der Waals surface area contributed by atoms with Crippen LogP contribution in [0.15, 0.2) is 65.8 Å². The molecule has 184 valence electrons. The van der Waals surface area contributed by atoms with E-state index in [0.717, 1.165) is 29.0 Å². The second-order valence-corrected chi connectivity index (χ2v) is 11.4. The molecule has 2 unspecified atom stereocenters. The molecule has 1 aromatic carbocycles. The summed E-state index contributed by atoms with van der Waals surface area (Å²) in [4.78, 5) is 0. The lowest BCUT2D eigenvalue weighted by molar-refractivity contribution is 0.0785. The van der Waals surface area contributed by atoms with E-state index in [2.05, 4.69) is 49.9 Å². The van der Waals surface area contributed by atoms with Crippen molar-refractivity contribution < 1.29 is 15.3 Å². The second kappa shape index (κ2) is 10.4. The molecule has 34 heavy (non-hydrogen) atoms. The van der Waals surface area contributed by atoms with E-state index in [9.17, 15) is 15.3 Å². The first-order valence-corrected chi connectivity index (χ1v) is 13.1. The van der Waals surface area contributed by atoms with Gasteiger partial charge in [0.15, 0.2) is 0 Å². The van der Waals surface area contributed by atoms with Crippen LogP contribution < -0.4 is 0 Å². The van der Waals surface area contributed by atoms with Crippen LogP contribution in [0.4, 0.5) is 0 Å². The highest BCUT2D eigenvalue weighted by Gasteiger charge is 2.41. The van der Waals surface area contributed by atoms with Gasteiger partial charge in [-0.1, -0.05) is 67.6 Å². The van der Waals surface area contributed by atoms with Crippen LogP contribution in [0.25, 0.3) is 6.08 Å². The minimum Gasteiger partial charge on any atom is -0.393 e. The summed E-state index contributed by atoms with van der Waals surface area (Å²) in [5.41, 5.74) is 4.64. The number of rotatable bonds is 5. The van der Waals surface area contributed by atoms with Gasteiger partial charge in [-0.05, 0) is 98.3 Å². The number of hydrogen-bond donors (Lipinski definition) is 3. The van der Waals surface area contributed by atoms with Gasteiger partial charge in [0.05, 0.1) is 17.8 Å². The van der Waals surface area contributed by atoms with Crippen molar-refractivity contribution in [3.8, 4) is 0 Å². The van der Waals surface area contributed by atoms with Crippen LogP contribution in [0.2, 0.25) is 0 Å². The van der Waals surface area contributed by atoms with Crippen LogP contribution in [0.5, 0.6) is 0 Å². The van der Waals surface area contributed by atoms with Crippen LogP contribution in [-0.2, 0) is 5.60 Å². The summed E-state index contributed by atoms with van der Waals surface area (Å²) in [6.45, 7) is 10.1. The van der Waals surface area contributed by atoms with Crippen molar-refractivity contribution in [3.05, 3.63) is 76.9 Å². The third-order valence-corrected chi connectivity index (χ3v) is 8.51. The Morgan fingerprint density at radius 2 is 1.79 bits per heavy atom. The molecule has 0 amide bonds. The Kier molecular flexibility index (Phi) is 7.66. The molecule has 0 saturated heterocycles. The third kappa shape index (κ3) is 5.64. The highest BCUT2D eigenvalue weighted by Crippen LogP contribution is 2.51. The SMILES string of the molecule is C=C1/C(=C\C=C2/CCC[C@H]3C2CCC3[C@@H](C)/C=C\c2ccc(C(C)(C)O)cc2)C[C@@H](O)C[C@@H]1O. The van der Waals surface area contributed by atoms with Crippen LogP contribution in [0.3, 0.4) is 0 Å². The van der Waals surface area contributed by atoms with E-state index in [4.69, 9.17) is 0 Å². The highest BCUT2D eigenvalue weighted by atomic mass is 16.3. The van der Waals surface area contributed by atoms with Gasteiger partial charge in [0.2, 0.25) is 0 Å². The van der Waals surface area contributed by atoms with E-state index in [1.807, 2.05) is 26.0 Å². The number of allylic oxidation sites excluding steroid dienone is 4. The van der Waals surface area contributed by atoms with Crippen molar-refractivity contribution in [2.45, 2.75) is 83.5 Å². The first-order chi connectivity index (χ1) is 16.1. The van der Waals surface area contributed by atoms with Crippen molar-refractivity contribution in [1.29, 1.82) is 0 Å². The molecule has 3 aliphatic rings. The Labute approximate surface area is 205 Å². The molecule has 6 atom stereocenters. The first-order valence-electron chi connectivity index (χ1n) is 13.1. The Balaban J connectivity index is 1.42. The van der Waals surface area contributed by atoms with Crippen molar-refractivity contribution in [2.75, 3.05) is 0 Å². The zero-order valence-electron chi connectivity index (χ0n) is 21.1. The lowest BCUT2D eigenvalue weighted by Gasteiger charge is -2.33. The average molecular weight is 463 g/mol. The standard InChI is InChI=1S/C31H42O3/c1-20(8-9-22-10-14-25(15-11-22)31(3,4)34)27-16-17-28-23(6-5-7-29(27)28)12-13-24-18-26(32)19-30(33)21(24)2/h8-15,20,26-30,32-34H,2,5-7,16-19H2,1,3-4H3/b9-8-,23-12+,24-13-/t20-,26+,27?,28?,29+,30-/m0/s1. The summed E-state index contributed by atoms with van der Waals surface area (Å²) < 4.78 is 0. The molecular formula is C31H42O3. The molecule has 1 aromatic rings. The maximum absolute atomic E-state index is 10.2. The van der Waals surface area contributed by atoms with Crippen LogP contribution in [-0.4, -0.2) is 27.5 Å². The van der Waals surface area contributed by atoms with Crippen molar-refractivity contribution in [2.24, 2.45) is 23.7 Å². The molecule has 3 heteroatoms. The van der Waals surface area contributed by atoms with Gasteiger partial charge >= 0.3 is 0 Å². The van der Waals surface area contributed by atoms with Gasteiger partial charge in [-0.2, -0.15) is 0 Å². The molecule has 0 spiro atoms. The van der Waals surface area contributed by atoms with Gasteiger partial charge in [-0.3, -0.25) is 0 Å². The van der Waals surface area contributed by atoms with Gasteiger partial charge in [0.25, 0.3) is 0 Å². The molecule has 3 N–H and O–H groups in total. The van der Waals surface area contributed by atoms with Crippen LogP contribution in [0.1, 0.15) is 76.8 Å². The van der Waals surface area contributed by atoms with Gasteiger partial charge in [-0.25, -0.2) is 0 Å². The minimum atomic E-state index is -0.805. The molecule has 0 bridgehead atoms. The zero-order chi connectivity index (χ0) is 24.5. The van der Waals surface area contributed by atoms with E-state index in [1.165, 1.54) is 31.2 Å². The fourth-order valence-electron chi connectivity index (χ4n) is 6.43. The molecule has 0 aliphatic heterocycles. The minimum absolute atomic E-state index is 0.397. The summed E-state index contributed by atoms with van der Waals surface area (Å²) in [6, 6.07) is 8.22. The Bertz CT molecular complexity index is 959. The van der Waals surface area contributed by atoms with E-state index < -0.39 is 17.8 Å². The summed E-state index contributed by atoms with van der Waals surface area (Å²) in [6.07, 6.45) is 15.2. The smallest absolute Gasteiger partial charge is 0.0840 e. The molecule has 4 rings (SSSR count). The number of fused-ring (bicyclic) bond motifs is 1. The van der Waals surface area contributed by atoms with Gasteiger partial charge in [-0.15, -0.1) is 0 Å². The molecular weight excluding hydrogens is 420 g/mol. The Hall–Kier alpha value is -1.94. The largest absolute Gasteiger partial charge is 0.393 e. The summed E-state index contributed by atoms with van der Waals surface area (Å²) in [7, 11) is 0. The quantitative estimate of drug-likeness (QED) is 0.480. The highest BCUT2D eigenvalue weighted by molar-refractivity contribution is 5.50. The summed E-state index contributed by atoms with van der Waals surface area (Å²) in [5, 5.41) is 30.4. The molecule has 3 saturated carbocycles. The topological polar surface area (TPSA) is 60.7 Å². The molecule has 0 radical (unpaired) electrons. The maximum atomic E-state index is 10.2.